The summed E-state index contributed by atoms with van der Waals surface area (Å²) in [5.74, 6) is -0.902. The highest BCUT2D eigenvalue weighted by Crippen LogP contribution is 2.23. The van der Waals surface area contributed by atoms with E-state index >= 15 is 0 Å². The Kier molecular flexibility index (Phi) is 6.87. The van der Waals surface area contributed by atoms with Crippen LogP contribution in [0.1, 0.15) is 34.5 Å². The Balaban J connectivity index is 1.77. The zero-order valence-electron chi connectivity index (χ0n) is 16.1. The van der Waals surface area contributed by atoms with Crippen molar-refractivity contribution in [2.75, 3.05) is 0 Å². The first-order valence-corrected chi connectivity index (χ1v) is 11.0. The smallest absolute Gasteiger partial charge is 0.251 e. The maximum Gasteiger partial charge on any atom is 0.251 e. The van der Waals surface area contributed by atoms with Gasteiger partial charge in [0, 0.05) is 12.1 Å². The number of hydrogen-bond donors (Lipinski definition) is 2. The molecule has 8 heteroatoms. The van der Waals surface area contributed by atoms with Crippen LogP contribution in [0, 0.1) is 5.82 Å². The van der Waals surface area contributed by atoms with Crippen molar-refractivity contribution in [3.63, 3.8) is 0 Å². The van der Waals surface area contributed by atoms with Crippen LogP contribution in [-0.4, -0.2) is 14.3 Å². The van der Waals surface area contributed by atoms with Gasteiger partial charge in [-0.05, 0) is 48.4 Å². The third-order valence-electron chi connectivity index (χ3n) is 4.49. The largest absolute Gasteiger partial charge is 0.346 e. The number of rotatable bonds is 7. The molecule has 0 bridgehead atoms. The standard InChI is InChI=1S/C22H20ClFN2O3S/c1-15(17-8-5-9-19(24)12-17)26-22(27)18-10-11-20(23)21(13-18)30(28,29)25-14-16-6-3-2-4-7-16/h2-13,15,25H,14H2,1H3,(H,26,27). The summed E-state index contributed by atoms with van der Waals surface area (Å²) >= 11 is 6.09. The number of nitrogens with one attached hydrogen (secondary N) is 2. The van der Waals surface area contributed by atoms with Crippen LogP contribution < -0.4 is 10.0 Å². The lowest BCUT2D eigenvalue weighted by Crippen LogP contribution is -2.28. The predicted molar refractivity (Wildman–Crippen MR) is 114 cm³/mol. The summed E-state index contributed by atoms with van der Waals surface area (Å²) in [6.07, 6.45) is 0. The molecule has 0 aliphatic rings. The number of sulfonamides is 1. The Labute approximate surface area is 179 Å². The predicted octanol–water partition coefficient (Wildman–Crippen LogP) is 4.45. The highest BCUT2D eigenvalue weighted by atomic mass is 35.5. The van der Waals surface area contributed by atoms with Crippen molar-refractivity contribution in [2.45, 2.75) is 24.4 Å². The topological polar surface area (TPSA) is 75.3 Å². The van der Waals surface area contributed by atoms with Gasteiger partial charge in [0.05, 0.1) is 11.1 Å². The molecule has 0 spiro atoms. The minimum absolute atomic E-state index is 0.00490. The fraction of sp³-hybridized carbons (Fsp3) is 0.136. The molecule has 0 fully saturated rings. The molecular formula is C22H20ClFN2O3S. The Hall–Kier alpha value is -2.74. The number of carbonyl (C=O) groups excluding carboxylic acids is 1. The first kappa shape index (κ1) is 22.0. The Morgan fingerprint density at radius 1 is 1.03 bits per heavy atom. The van der Waals surface area contributed by atoms with Gasteiger partial charge in [0.25, 0.3) is 5.91 Å². The summed E-state index contributed by atoms with van der Waals surface area (Å²) in [6.45, 7) is 1.80. The second-order valence-electron chi connectivity index (χ2n) is 6.71. The van der Waals surface area contributed by atoms with Crippen molar-refractivity contribution in [3.05, 3.63) is 100 Å². The number of hydrogen-bond acceptors (Lipinski definition) is 3. The van der Waals surface area contributed by atoms with E-state index in [1.165, 1.54) is 30.3 Å². The highest BCUT2D eigenvalue weighted by molar-refractivity contribution is 7.89. The van der Waals surface area contributed by atoms with E-state index in [-0.39, 0.29) is 22.0 Å². The van der Waals surface area contributed by atoms with Gasteiger partial charge in [0.15, 0.2) is 0 Å². The summed E-state index contributed by atoms with van der Waals surface area (Å²) in [5, 5.41) is 2.74. The van der Waals surface area contributed by atoms with Crippen LogP contribution in [0.15, 0.2) is 77.7 Å². The minimum atomic E-state index is -3.94. The molecule has 1 atom stereocenters. The Morgan fingerprint density at radius 2 is 1.77 bits per heavy atom. The number of benzene rings is 3. The Morgan fingerprint density at radius 3 is 2.47 bits per heavy atom. The van der Waals surface area contributed by atoms with Gasteiger partial charge in [-0.3, -0.25) is 4.79 Å². The summed E-state index contributed by atoms with van der Waals surface area (Å²) in [5.41, 5.74) is 1.51. The quantitative estimate of drug-likeness (QED) is 0.563. The van der Waals surface area contributed by atoms with Gasteiger partial charge in [0.1, 0.15) is 10.7 Å². The molecule has 0 saturated heterocycles. The zero-order chi connectivity index (χ0) is 21.7. The van der Waals surface area contributed by atoms with Gasteiger partial charge in [-0.1, -0.05) is 54.1 Å². The Bertz CT molecular complexity index is 1150. The number of carbonyl (C=O) groups is 1. The molecule has 0 heterocycles. The molecule has 1 amide bonds. The van der Waals surface area contributed by atoms with Crippen molar-refractivity contribution >= 4 is 27.5 Å². The maximum atomic E-state index is 13.4. The van der Waals surface area contributed by atoms with Crippen LogP contribution in [-0.2, 0) is 16.6 Å². The summed E-state index contributed by atoms with van der Waals surface area (Å²) in [6, 6.07) is 18.5. The van der Waals surface area contributed by atoms with Crippen molar-refractivity contribution in [1.29, 1.82) is 0 Å². The molecule has 0 aliphatic heterocycles. The molecule has 156 valence electrons. The first-order chi connectivity index (χ1) is 14.3. The lowest BCUT2D eigenvalue weighted by Gasteiger charge is -2.15. The molecule has 0 radical (unpaired) electrons. The zero-order valence-corrected chi connectivity index (χ0v) is 17.7. The third-order valence-corrected chi connectivity index (χ3v) is 6.37. The normalized spacial score (nSPS) is 12.4. The van der Waals surface area contributed by atoms with Gasteiger partial charge in [0.2, 0.25) is 10.0 Å². The molecular weight excluding hydrogens is 427 g/mol. The van der Waals surface area contributed by atoms with E-state index in [0.29, 0.717) is 5.56 Å². The van der Waals surface area contributed by atoms with Gasteiger partial charge in [-0.25, -0.2) is 17.5 Å². The van der Waals surface area contributed by atoms with E-state index in [1.807, 2.05) is 6.07 Å². The SMILES string of the molecule is CC(NC(=O)c1ccc(Cl)c(S(=O)(=O)NCc2ccccc2)c1)c1cccc(F)c1. The van der Waals surface area contributed by atoms with Crippen LogP contribution in [0.25, 0.3) is 0 Å². The molecule has 2 N–H and O–H groups in total. The van der Waals surface area contributed by atoms with E-state index in [2.05, 4.69) is 10.0 Å². The van der Waals surface area contributed by atoms with E-state index in [9.17, 15) is 17.6 Å². The molecule has 5 nitrogen and oxygen atoms in total. The van der Waals surface area contributed by atoms with Gasteiger partial charge in [-0.2, -0.15) is 0 Å². The van der Waals surface area contributed by atoms with Crippen LogP contribution in [0.2, 0.25) is 5.02 Å². The molecule has 3 rings (SSSR count). The summed E-state index contributed by atoms with van der Waals surface area (Å²) in [7, 11) is -3.94. The lowest BCUT2D eigenvalue weighted by atomic mass is 10.1. The van der Waals surface area contributed by atoms with Crippen LogP contribution in [0.5, 0.6) is 0 Å². The highest BCUT2D eigenvalue weighted by Gasteiger charge is 2.21. The lowest BCUT2D eigenvalue weighted by molar-refractivity contribution is 0.0939. The molecule has 3 aromatic rings. The van der Waals surface area contributed by atoms with Gasteiger partial charge >= 0.3 is 0 Å². The monoisotopic (exact) mass is 446 g/mol. The van der Waals surface area contributed by atoms with Gasteiger partial charge < -0.3 is 5.32 Å². The molecule has 30 heavy (non-hydrogen) atoms. The number of halogens is 2. The second kappa shape index (κ2) is 9.38. The first-order valence-electron chi connectivity index (χ1n) is 9.16. The van der Waals surface area contributed by atoms with Crippen molar-refractivity contribution < 1.29 is 17.6 Å². The number of amides is 1. The van der Waals surface area contributed by atoms with E-state index < -0.39 is 27.8 Å². The average Bonchev–Trinajstić information content (AvgIpc) is 2.73. The third kappa shape index (κ3) is 5.44. The van der Waals surface area contributed by atoms with Gasteiger partial charge in [-0.15, -0.1) is 0 Å². The second-order valence-corrected chi connectivity index (χ2v) is 8.85. The molecule has 1 unspecified atom stereocenters. The molecule has 0 aliphatic carbocycles. The molecule has 0 aromatic heterocycles. The average molecular weight is 447 g/mol. The van der Waals surface area contributed by atoms with E-state index in [4.69, 9.17) is 11.6 Å². The summed E-state index contributed by atoms with van der Waals surface area (Å²) in [4.78, 5) is 12.4. The maximum absolute atomic E-state index is 13.4. The van der Waals surface area contributed by atoms with Crippen molar-refractivity contribution in [1.82, 2.24) is 10.0 Å². The van der Waals surface area contributed by atoms with Crippen LogP contribution >= 0.6 is 11.6 Å². The minimum Gasteiger partial charge on any atom is -0.346 e. The van der Waals surface area contributed by atoms with Crippen molar-refractivity contribution in [2.24, 2.45) is 0 Å². The molecule has 3 aromatic carbocycles. The van der Waals surface area contributed by atoms with Crippen LogP contribution in [0.4, 0.5) is 4.39 Å². The van der Waals surface area contributed by atoms with E-state index in [1.54, 1.807) is 43.3 Å². The van der Waals surface area contributed by atoms with E-state index in [0.717, 1.165) is 5.56 Å². The molecule has 0 saturated carbocycles. The summed E-state index contributed by atoms with van der Waals surface area (Å²) < 4.78 is 41.3. The van der Waals surface area contributed by atoms with Crippen LogP contribution in [0.3, 0.4) is 0 Å². The fourth-order valence-electron chi connectivity index (χ4n) is 2.84. The fourth-order valence-corrected chi connectivity index (χ4v) is 4.38. The van der Waals surface area contributed by atoms with Crippen molar-refractivity contribution in [3.8, 4) is 0 Å².